The summed E-state index contributed by atoms with van der Waals surface area (Å²) in [4.78, 5) is 15.8. The Morgan fingerprint density at radius 1 is 1.26 bits per heavy atom. The summed E-state index contributed by atoms with van der Waals surface area (Å²) in [6, 6.07) is 11.0. The molecule has 27 heavy (non-hydrogen) atoms. The van der Waals surface area contributed by atoms with E-state index < -0.39 is 0 Å². The zero-order chi connectivity index (χ0) is 19.0. The molecule has 1 aromatic heterocycles. The largest absolute Gasteiger partial charge is 0.497 e. The average molecular weight is 404 g/mol. The van der Waals surface area contributed by atoms with Gasteiger partial charge in [0.1, 0.15) is 16.7 Å². The van der Waals surface area contributed by atoms with E-state index in [-0.39, 0.29) is 12.5 Å². The van der Waals surface area contributed by atoms with Crippen molar-refractivity contribution in [1.82, 2.24) is 4.98 Å². The fourth-order valence-electron chi connectivity index (χ4n) is 2.84. The summed E-state index contributed by atoms with van der Waals surface area (Å²) in [6.45, 7) is 0.413. The van der Waals surface area contributed by atoms with Crippen LogP contribution in [0.4, 0.5) is 11.4 Å². The van der Waals surface area contributed by atoms with Gasteiger partial charge in [-0.05, 0) is 24.3 Å². The number of anilines is 2. The van der Waals surface area contributed by atoms with E-state index >= 15 is 0 Å². The van der Waals surface area contributed by atoms with Gasteiger partial charge in [-0.3, -0.25) is 4.79 Å². The third-order valence-electron chi connectivity index (χ3n) is 4.22. The number of carbonyl (C=O) groups excluding carboxylic acids is 1. The highest BCUT2D eigenvalue weighted by Crippen LogP contribution is 2.36. The molecule has 0 unspecified atom stereocenters. The highest BCUT2D eigenvalue weighted by Gasteiger charge is 2.18. The number of benzene rings is 2. The Bertz CT molecular complexity index is 1060. The van der Waals surface area contributed by atoms with E-state index in [0.717, 1.165) is 22.2 Å². The second-order valence-corrected chi connectivity index (χ2v) is 6.78. The lowest BCUT2D eigenvalue weighted by Crippen LogP contribution is -2.25. The van der Waals surface area contributed by atoms with Crippen molar-refractivity contribution < 1.29 is 14.3 Å². The third kappa shape index (κ3) is 3.59. The molecule has 138 valence electrons. The first-order valence-corrected chi connectivity index (χ1v) is 8.92. The van der Waals surface area contributed by atoms with Gasteiger partial charge in [-0.15, -0.1) is 0 Å². The molecule has 0 spiro atoms. The molecule has 6 nitrogen and oxygen atoms in total. The molecule has 1 aliphatic rings. The number of nitrogens with zero attached hydrogens (tertiary/aromatic N) is 1. The quantitative estimate of drug-likeness (QED) is 0.627. The SMILES string of the molecule is COc1ccc2cc(CNc3cc4c(cc3Cl)NC(=O)CO4)c(Cl)nc2c1. The molecule has 1 amide bonds. The number of hydrogen-bond acceptors (Lipinski definition) is 5. The second-order valence-electron chi connectivity index (χ2n) is 6.02. The Hall–Kier alpha value is -2.70. The molecule has 2 heterocycles. The van der Waals surface area contributed by atoms with Gasteiger partial charge in [0.2, 0.25) is 0 Å². The molecule has 0 aliphatic carbocycles. The van der Waals surface area contributed by atoms with Gasteiger partial charge in [-0.2, -0.15) is 0 Å². The van der Waals surface area contributed by atoms with Gasteiger partial charge in [0.25, 0.3) is 5.91 Å². The summed E-state index contributed by atoms with van der Waals surface area (Å²) in [5, 5.41) is 7.80. The second kappa shape index (κ2) is 7.13. The highest BCUT2D eigenvalue weighted by atomic mass is 35.5. The Morgan fingerprint density at radius 3 is 2.93 bits per heavy atom. The smallest absolute Gasteiger partial charge is 0.262 e. The number of hydrogen-bond donors (Lipinski definition) is 2. The summed E-state index contributed by atoms with van der Waals surface area (Å²) in [7, 11) is 1.61. The zero-order valence-corrected chi connectivity index (χ0v) is 15.8. The lowest BCUT2D eigenvalue weighted by molar-refractivity contribution is -0.118. The molecule has 1 aliphatic heterocycles. The van der Waals surface area contributed by atoms with Crippen molar-refractivity contribution in [1.29, 1.82) is 0 Å². The number of halogens is 2. The van der Waals surface area contributed by atoms with Crippen LogP contribution < -0.4 is 20.1 Å². The zero-order valence-electron chi connectivity index (χ0n) is 14.3. The van der Waals surface area contributed by atoms with Crippen molar-refractivity contribution in [2.75, 3.05) is 24.4 Å². The van der Waals surface area contributed by atoms with Gasteiger partial charge in [-0.1, -0.05) is 23.2 Å². The summed E-state index contributed by atoms with van der Waals surface area (Å²) in [6.07, 6.45) is 0. The molecule has 0 saturated carbocycles. The molecule has 8 heteroatoms. The van der Waals surface area contributed by atoms with Crippen LogP contribution in [0, 0.1) is 0 Å². The number of nitrogens with one attached hydrogen (secondary N) is 2. The summed E-state index contributed by atoms with van der Waals surface area (Å²) in [5.74, 6) is 1.09. The number of fused-ring (bicyclic) bond motifs is 2. The Morgan fingerprint density at radius 2 is 2.11 bits per heavy atom. The lowest BCUT2D eigenvalue weighted by Gasteiger charge is -2.20. The minimum absolute atomic E-state index is 0.0159. The molecule has 0 fully saturated rings. The maximum Gasteiger partial charge on any atom is 0.262 e. The number of amides is 1. The monoisotopic (exact) mass is 403 g/mol. The van der Waals surface area contributed by atoms with Crippen LogP contribution in [0.2, 0.25) is 10.2 Å². The maximum absolute atomic E-state index is 11.4. The molecule has 4 rings (SSSR count). The first-order chi connectivity index (χ1) is 13.0. The van der Waals surface area contributed by atoms with Crippen LogP contribution in [0.15, 0.2) is 36.4 Å². The van der Waals surface area contributed by atoms with E-state index in [1.54, 1.807) is 19.2 Å². The predicted molar refractivity (Wildman–Crippen MR) is 106 cm³/mol. The maximum atomic E-state index is 11.4. The fraction of sp³-hybridized carbons (Fsp3) is 0.158. The standard InChI is InChI=1S/C19H15Cl2N3O3/c1-26-12-3-2-10-4-11(19(21)24-14(10)5-12)8-22-15-7-17-16(6-13(15)20)23-18(25)9-27-17/h2-7,22H,8-9H2,1H3,(H,23,25). The molecule has 0 bridgehead atoms. The third-order valence-corrected chi connectivity index (χ3v) is 4.86. The molecule has 2 aromatic carbocycles. The average Bonchev–Trinajstić information content (AvgIpc) is 2.66. The van der Waals surface area contributed by atoms with Crippen LogP contribution in [0.5, 0.6) is 11.5 Å². The Balaban J connectivity index is 1.58. The fourth-order valence-corrected chi connectivity index (χ4v) is 3.29. The van der Waals surface area contributed by atoms with Crippen LogP contribution in [-0.4, -0.2) is 24.6 Å². The summed E-state index contributed by atoms with van der Waals surface area (Å²) >= 11 is 12.7. The number of aromatic nitrogens is 1. The van der Waals surface area contributed by atoms with E-state index in [1.165, 1.54) is 0 Å². The molecular weight excluding hydrogens is 389 g/mol. The van der Waals surface area contributed by atoms with E-state index in [2.05, 4.69) is 15.6 Å². The number of carbonyl (C=O) groups is 1. The van der Waals surface area contributed by atoms with Crippen molar-refractivity contribution in [3.05, 3.63) is 52.1 Å². The van der Waals surface area contributed by atoms with Crippen molar-refractivity contribution in [2.24, 2.45) is 0 Å². The molecule has 0 atom stereocenters. The molecule has 0 saturated heterocycles. The lowest BCUT2D eigenvalue weighted by atomic mass is 10.1. The number of pyridine rings is 1. The van der Waals surface area contributed by atoms with Crippen molar-refractivity contribution in [3.63, 3.8) is 0 Å². The minimum atomic E-state index is -0.204. The van der Waals surface area contributed by atoms with Crippen LogP contribution >= 0.6 is 23.2 Å². The van der Waals surface area contributed by atoms with E-state index in [0.29, 0.717) is 33.8 Å². The summed E-state index contributed by atoms with van der Waals surface area (Å²) < 4.78 is 10.6. The van der Waals surface area contributed by atoms with Gasteiger partial charge in [0.05, 0.1) is 29.0 Å². The van der Waals surface area contributed by atoms with Gasteiger partial charge in [-0.25, -0.2) is 4.98 Å². The minimum Gasteiger partial charge on any atom is -0.497 e. The van der Waals surface area contributed by atoms with Gasteiger partial charge >= 0.3 is 0 Å². The van der Waals surface area contributed by atoms with Crippen LogP contribution in [0.1, 0.15) is 5.56 Å². The van der Waals surface area contributed by atoms with Crippen LogP contribution in [0.25, 0.3) is 10.9 Å². The predicted octanol–water partition coefficient (Wildman–Crippen LogP) is 4.49. The van der Waals surface area contributed by atoms with E-state index in [9.17, 15) is 4.79 Å². The molecule has 3 aromatic rings. The van der Waals surface area contributed by atoms with Crippen molar-refractivity contribution in [3.8, 4) is 11.5 Å². The van der Waals surface area contributed by atoms with Crippen LogP contribution in [-0.2, 0) is 11.3 Å². The van der Waals surface area contributed by atoms with E-state index in [1.807, 2.05) is 24.3 Å². The summed E-state index contributed by atoms with van der Waals surface area (Å²) in [5.41, 5.74) is 2.83. The van der Waals surface area contributed by atoms with Gasteiger partial charge < -0.3 is 20.1 Å². The number of methoxy groups -OCH3 is 1. The molecule has 0 radical (unpaired) electrons. The van der Waals surface area contributed by atoms with Gasteiger partial charge in [0, 0.05) is 29.6 Å². The first kappa shape index (κ1) is 17.7. The van der Waals surface area contributed by atoms with E-state index in [4.69, 9.17) is 32.7 Å². The molecular formula is C19H15Cl2N3O3. The van der Waals surface area contributed by atoms with Gasteiger partial charge in [0.15, 0.2) is 6.61 Å². The topological polar surface area (TPSA) is 72.5 Å². The normalized spacial score (nSPS) is 12.9. The Kier molecular flexibility index (Phi) is 4.68. The van der Waals surface area contributed by atoms with Crippen molar-refractivity contribution >= 4 is 51.4 Å². The number of rotatable bonds is 4. The Labute approximate surface area is 165 Å². The van der Waals surface area contributed by atoms with Crippen LogP contribution in [0.3, 0.4) is 0 Å². The number of ether oxygens (including phenoxy) is 2. The molecule has 2 N–H and O–H groups in total. The first-order valence-electron chi connectivity index (χ1n) is 8.17. The highest BCUT2D eigenvalue weighted by molar-refractivity contribution is 6.33. The van der Waals surface area contributed by atoms with Crippen molar-refractivity contribution in [2.45, 2.75) is 6.54 Å².